The summed E-state index contributed by atoms with van der Waals surface area (Å²) in [5.74, 6) is 1.94. The van der Waals surface area contributed by atoms with Crippen LogP contribution < -0.4 is 15.2 Å². The molecule has 0 spiro atoms. The van der Waals surface area contributed by atoms with Crippen molar-refractivity contribution in [2.75, 3.05) is 20.8 Å². The molecule has 0 fully saturated rings. The monoisotopic (exact) mass is 233 g/mol. The minimum Gasteiger partial charge on any atom is -0.496 e. The van der Waals surface area contributed by atoms with Crippen molar-refractivity contribution in [1.82, 2.24) is 0 Å². The topological polar surface area (TPSA) is 44.5 Å². The fourth-order valence-electron chi connectivity index (χ4n) is 2.48. The molecular weight excluding hydrogens is 214 g/mol. The van der Waals surface area contributed by atoms with Gasteiger partial charge in [0, 0.05) is 23.2 Å². The molecule has 1 aromatic rings. The van der Waals surface area contributed by atoms with Gasteiger partial charge in [0.05, 0.1) is 14.2 Å². The molecule has 0 radical (unpaired) electrons. The lowest BCUT2D eigenvalue weighted by atomic mass is 10.0. The molecule has 2 rings (SSSR count). The van der Waals surface area contributed by atoms with E-state index < -0.39 is 0 Å². The third kappa shape index (κ3) is 2.15. The molecule has 1 aliphatic rings. The van der Waals surface area contributed by atoms with Crippen LogP contribution in [0.15, 0.2) is 12.1 Å². The first-order valence-corrected chi connectivity index (χ1v) is 5.95. The lowest BCUT2D eigenvalue weighted by molar-refractivity contribution is 0.397. The number of nitrogens with two attached hydrogens (primary N) is 1. The largest absolute Gasteiger partial charge is 0.496 e. The van der Waals surface area contributed by atoms with Crippen LogP contribution in [0, 0.1) is 0 Å². The van der Waals surface area contributed by atoms with Crippen LogP contribution in [-0.4, -0.2) is 20.8 Å². The van der Waals surface area contributed by atoms with Gasteiger partial charge in [-0.2, -0.15) is 0 Å². The van der Waals surface area contributed by atoms with E-state index >= 15 is 0 Å². The average Bonchev–Trinajstić information content (AvgIpc) is 2.83. The van der Waals surface area contributed by atoms with Gasteiger partial charge in [-0.25, -0.2) is 0 Å². The van der Waals surface area contributed by atoms with Crippen molar-refractivity contribution in [3.63, 3.8) is 0 Å². The predicted molar refractivity (Wildman–Crippen MR) is 69.7 cm³/mol. The molecule has 92 valence electrons. The van der Waals surface area contributed by atoms with Crippen molar-refractivity contribution in [2.45, 2.75) is 19.3 Å². The Hall–Kier alpha value is -1.48. The summed E-state index contributed by atoms with van der Waals surface area (Å²) in [6.07, 6.45) is 7.25. The Morgan fingerprint density at radius 2 is 2.00 bits per heavy atom. The lowest BCUT2D eigenvalue weighted by Gasteiger charge is -2.14. The molecule has 0 heterocycles. The normalized spacial score (nSPS) is 14.1. The summed E-state index contributed by atoms with van der Waals surface area (Å²) in [4.78, 5) is 0. The second-order valence-electron chi connectivity index (χ2n) is 4.15. The van der Waals surface area contributed by atoms with E-state index in [2.05, 4.69) is 0 Å². The standard InChI is InChI=1S/C14H19NO2/c1-16-13-9-10(5-4-8-15)14(17-2)12-7-3-6-11(12)13/h4-5,9H,3,6-8,15H2,1-2H3/b5-4+. The summed E-state index contributed by atoms with van der Waals surface area (Å²) in [6.45, 7) is 0.530. The molecule has 0 bridgehead atoms. The van der Waals surface area contributed by atoms with E-state index in [0.717, 1.165) is 29.9 Å². The van der Waals surface area contributed by atoms with E-state index in [1.54, 1.807) is 14.2 Å². The number of fused-ring (bicyclic) bond motifs is 1. The first-order chi connectivity index (χ1) is 8.31. The Bertz CT molecular complexity index is 438. The maximum absolute atomic E-state index is 5.54. The van der Waals surface area contributed by atoms with E-state index in [4.69, 9.17) is 15.2 Å². The van der Waals surface area contributed by atoms with Gasteiger partial charge >= 0.3 is 0 Å². The van der Waals surface area contributed by atoms with Crippen molar-refractivity contribution in [2.24, 2.45) is 5.73 Å². The first kappa shape index (κ1) is 12.0. The van der Waals surface area contributed by atoms with Crippen LogP contribution in [-0.2, 0) is 12.8 Å². The first-order valence-electron chi connectivity index (χ1n) is 5.95. The van der Waals surface area contributed by atoms with E-state index in [0.29, 0.717) is 6.54 Å². The van der Waals surface area contributed by atoms with E-state index in [1.807, 2.05) is 18.2 Å². The summed E-state index contributed by atoms with van der Waals surface area (Å²) >= 11 is 0. The van der Waals surface area contributed by atoms with Gasteiger partial charge in [0.2, 0.25) is 0 Å². The maximum Gasteiger partial charge on any atom is 0.129 e. The number of benzene rings is 1. The second kappa shape index (κ2) is 5.23. The predicted octanol–water partition coefficient (Wildman–Crippen LogP) is 2.16. The molecule has 0 saturated carbocycles. The Morgan fingerprint density at radius 1 is 1.24 bits per heavy atom. The van der Waals surface area contributed by atoms with Crippen LogP contribution in [0.4, 0.5) is 0 Å². The van der Waals surface area contributed by atoms with Gasteiger partial charge < -0.3 is 15.2 Å². The molecule has 0 atom stereocenters. The summed E-state index contributed by atoms with van der Waals surface area (Å²) in [7, 11) is 3.44. The number of rotatable bonds is 4. The minimum atomic E-state index is 0.530. The van der Waals surface area contributed by atoms with Gasteiger partial charge in [-0.1, -0.05) is 12.2 Å². The molecule has 3 nitrogen and oxygen atoms in total. The molecule has 0 saturated heterocycles. The van der Waals surface area contributed by atoms with Gasteiger partial charge in [0.1, 0.15) is 11.5 Å². The van der Waals surface area contributed by atoms with Gasteiger partial charge in [-0.3, -0.25) is 0 Å². The third-order valence-electron chi connectivity index (χ3n) is 3.20. The summed E-state index contributed by atoms with van der Waals surface area (Å²) in [5.41, 5.74) is 9.14. The minimum absolute atomic E-state index is 0.530. The molecule has 0 amide bonds. The summed E-state index contributed by atoms with van der Waals surface area (Å²) in [6, 6.07) is 2.04. The van der Waals surface area contributed by atoms with Crippen LogP contribution in [0.1, 0.15) is 23.1 Å². The molecule has 0 aliphatic heterocycles. The van der Waals surface area contributed by atoms with E-state index in [-0.39, 0.29) is 0 Å². The molecule has 0 aromatic heterocycles. The summed E-state index contributed by atoms with van der Waals surface area (Å²) < 4.78 is 11.0. The molecule has 17 heavy (non-hydrogen) atoms. The van der Waals surface area contributed by atoms with Crippen molar-refractivity contribution >= 4 is 6.08 Å². The van der Waals surface area contributed by atoms with E-state index in [1.165, 1.54) is 17.5 Å². The SMILES string of the molecule is COc1cc(/C=C/CN)c(OC)c2c1CCC2. The van der Waals surface area contributed by atoms with Crippen molar-refractivity contribution in [1.29, 1.82) is 0 Å². The highest BCUT2D eigenvalue weighted by Gasteiger charge is 2.22. The number of ether oxygens (including phenoxy) is 2. The van der Waals surface area contributed by atoms with Crippen molar-refractivity contribution < 1.29 is 9.47 Å². The zero-order chi connectivity index (χ0) is 12.3. The lowest BCUT2D eigenvalue weighted by Crippen LogP contribution is -1.99. The Labute approximate surface area is 102 Å². The average molecular weight is 233 g/mol. The third-order valence-corrected chi connectivity index (χ3v) is 3.20. The van der Waals surface area contributed by atoms with Gasteiger partial charge in [0.15, 0.2) is 0 Å². The van der Waals surface area contributed by atoms with Crippen LogP contribution >= 0.6 is 0 Å². The van der Waals surface area contributed by atoms with Crippen molar-refractivity contribution in [3.8, 4) is 11.5 Å². The quantitative estimate of drug-likeness (QED) is 0.866. The van der Waals surface area contributed by atoms with Gasteiger partial charge in [-0.15, -0.1) is 0 Å². The zero-order valence-electron chi connectivity index (χ0n) is 10.5. The molecule has 3 heteroatoms. The fourth-order valence-corrected chi connectivity index (χ4v) is 2.48. The van der Waals surface area contributed by atoms with Crippen LogP contribution in [0.5, 0.6) is 11.5 Å². The smallest absolute Gasteiger partial charge is 0.129 e. The van der Waals surface area contributed by atoms with E-state index in [9.17, 15) is 0 Å². The summed E-state index contributed by atoms with van der Waals surface area (Å²) in [5, 5.41) is 0. The Kier molecular flexibility index (Phi) is 3.69. The number of hydrogen-bond acceptors (Lipinski definition) is 3. The highest BCUT2D eigenvalue weighted by Crippen LogP contribution is 2.40. The van der Waals surface area contributed by atoms with Gasteiger partial charge in [-0.05, 0) is 25.3 Å². The van der Waals surface area contributed by atoms with Gasteiger partial charge in [0.25, 0.3) is 0 Å². The second-order valence-corrected chi connectivity index (χ2v) is 4.15. The number of methoxy groups -OCH3 is 2. The zero-order valence-corrected chi connectivity index (χ0v) is 10.5. The fraction of sp³-hybridized carbons (Fsp3) is 0.429. The molecular formula is C14H19NO2. The number of hydrogen-bond donors (Lipinski definition) is 1. The van der Waals surface area contributed by atoms with Crippen LogP contribution in [0.3, 0.4) is 0 Å². The maximum atomic E-state index is 5.54. The van der Waals surface area contributed by atoms with Crippen LogP contribution in [0.2, 0.25) is 0 Å². The van der Waals surface area contributed by atoms with Crippen molar-refractivity contribution in [3.05, 3.63) is 28.8 Å². The highest BCUT2D eigenvalue weighted by atomic mass is 16.5. The van der Waals surface area contributed by atoms with Crippen LogP contribution in [0.25, 0.3) is 6.08 Å². The Morgan fingerprint density at radius 3 is 2.65 bits per heavy atom. The molecule has 2 N–H and O–H groups in total. The highest BCUT2D eigenvalue weighted by molar-refractivity contribution is 5.66. The molecule has 1 aliphatic carbocycles. The molecule has 0 unspecified atom stereocenters. The Balaban J connectivity index is 2.55. The molecule has 1 aromatic carbocycles.